The summed E-state index contributed by atoms with van der Waals surface area (Å²) in [4.78, 5) is 0. The van der Waals surface area contributed by atoms with Gasteiger partial charge in [-0.25, -0.2) is 0 Å². The lowest BCUT2D eigenvalue weighted by Gasteiger charge is -2.35. The summed E-state index contributed by atoms with van der Waals surface area (Å²) < 4.78 is 22.0. The molecule has 1 N–H and O–H groups in total. The Morgan fingerprint density at radius 3 is 1.26 bits per heavy atom. The molecule has 5 rings (SSSR count). The fourth-order valence-corrected chi connectivity index (χ4v) is 9.15. The third-order valence-corrected chi connectivity index (χ3v) is 12.6. The van der Waals surface area contributed by atoms with Crippen LogP contribution in [0.1, 0.15) is 204 Å². The molecule has 4 aromatic carbocycles. The highest BCUT2D eigenvalue weighted by atomic mass is 31.2. The fourth-order valence-electron chi connectivity index (χ4n) is 7.97. The Labute approximate surface area is 354 Å². The first-order chi connectivity index (χ1) is 26.2. The molecule has 4 nitrogen and oxygen atoms in total. The van der Waals surface area contributed by atoms with Crippen LogP contribution in [-0.4, -0.2) is 5.11 Å². The number of phenolic OH excluding ortho intramolecular Hbond substituents is 1. The van der Waals surface area contributed by atoms with Gasteiger partial charge in [0.1, 0.15) is 23.0 Å². The minimum absolute atomic E-state index is 0.0194. The summed E-state index contributed by atoms with van der Waals surface area (Å²) in [5.41, 5.74) is 12.2. The second kappa shape index (κ2) is 15.2. The Kier molecular flexibility index (Phi) is 12.0. The van der Waals surface area contributed by atoms with Crippen molar-refractivity contribution in [3.8, 4) is 23.0 Å². The van der Waals surface area contributed by atoms with Crippen LogP contribution in [0.2, 0.25) is 0 Å². The second-order valence-corrected chi connectivity index (χ2v) is 24.4. The van der Waals surface area contributed by atoms with E-state index in [4.69, 9.17) is 13.6 Å². The highest BCUT2D eigenvalue weighted by molar-refractivity contribution is 7.43. The standard InChI is InChI=1S/C53H75O4P/c1-31-22-38-33(3)39-23-32(2)25-42(52(16,17)18)47(39)57-58(56-46(38)41(24-31)51(13,14)15)55-45-35(28-37(49(7,8)9)30-43(45)53(19,20)21)26-34-27-36(48(4,5)6)29-40(44(34)54)50(10,11)12/h22-25,27-30,33,54H,26H2,1-21H3. The van der Waals surface area contributed by atoms with Gasteiger partial charge >= 0.3 is 8.60 Å². The third-order valence-electron chi connectivity index (χ3n) is 11.7. The van der Waals surface area contributed by atoms with Gasteiger partial charge in [0.25, 0.3) is 0 Å². The molecule has 5 heteroatoms. The van der Waals surface area contributed by atoms with E-state index in [2.05, 4.69) is 194 Å². The van der Waals surface area contributed by atoms with Crippen molar-refractivity contribution in [2.45, 2.75) is 190 Å². The SMILES string of the molecule is Cc1cc2c(c(C(C)(C)C)c1)OP(Oc1c(Cc3cc(C(C)(C)C)cc(C(C)(C)C)c3O)cc(C(C)(C)C)cc1C(C)(C)C)Oc1c(cc(C)cc1C(C)(C)C)C2C. The van der Waals surface area contributed by atoms with Crippen LogP contribution in [-0.2, 0) is 38.9 Å². The Bertz CT molecular complexity index is 2110. The zero-order valence-corrected chi connectivity index (χ0v) is 40.9. The molecular weight excluding hydrogens is 732 g/mol. The maximum atomic E-state index is 12.1. The Balaban J connectivity index is 1.86. The van der Waals surface area contributed by atoms with Gasteiger partial charge in [-0.2, -0.15) is 0 Å². The van der Waals surface area contributed by atoms with Crippen molar-refractivity contribution in [1.29, 1.82) is 0 Å². The molecule has 0 saturated carbocycles. The molecule has 1 heterocycles. The van der Waals surface area contributed by atoms with E-state index in [0.717, 1.165) is 61.8 Å². The molecule has 0 spiro atoms. The average Bonchev–Trinajstić information content (AvgIpc) is 3.03. The maximum absolute atomic E-state index is 12.1. The monoisotopic (exact) mass is 807 g/mol. The van der Waals surface area contributed by atoms with E-state index >= 15 is 0 Å². The summed E-state index contributed by atoms with van der Waals surface area (Å²) in [5, 5.41) is 12.1. The van der Waals surface area contributed by atoms with Crippen molar-refractivity contribution in [2.24, 2.45) is 0 Å². The van der Waals surface area contributed by atoms with Crippen molar-refractivity contribution in [1.82, 2.24) is 0 Å². The topological polar surface area (TPSA) is 47.9 Å². The molecule has 4 aromatic rings. The lowest BCUT2D eigenvalue weighted by atomic mass is 9.76. The lowest BCUT2D eigenvalue weighted by molar-refractivity contribution is 0.361. The number of phenols is 1. The van der Waals surface area contributed by atoms with E-state index in [1.165, 1.54) is 22.3 Å². The van der Waals surface area contributed by atoms with Crippen molar-refractivity contribution in [2.75, 3.05) is 0 Å². The van der Waals surface area contributed by atoms with Gasteiger partial charge in [-0.1, -0.05) is 191 Å². The number of benzene rings is 4. The molecule has 0 atom stereocenters. The summed E-state index contributed by atoms with van der Waals surface area (Å²) in [6.45, 7) is 46.9. The van der Waals surface area contributed by atoms with Gasteiger partial charge in [0, 0.05) is 40.2 Å². The smallest absolute Gasteiger partial charge is 0.507 e. The zero-order valence-electron chi connectivity index (χ0n) is 40.0. The molecule has 0 bridgehead atoms. The second-order valence-electron chi connectivity index (χ2n) is 23.4. The van der Waals surface area contributed by atoms with Gasteiger partial charge in [0.15, 0.2) is 0 Å². The molecule has 0 amide bonds. The van der Waals surface area contributed by atoms with Gasteiger partial charge in [0.05, 0.1) is 0 Å². The minimum Gasteiger partial charge on any atom is -0.507 e. The highest BCUT2D eigenvalue weighted by Gasteiger charge is 2.38. The molecule has 0 radical (unpaired) electrons. The van der Waals surface area contributed by atoms with Crippen LogP contribution in [0.4, 0.5) is 0 Å². The quantitative estimate of drug-likeness (QED) is 0.209. The van der Waals surface area contributed by atoms with Gasteiger partial charge in [0.2, 0.25) is 0 Å². The average molecular weight is 807 g/mol. The Morgan fingerprint density at radius 2 is 0.879 bits per heavy atom. The van der Waals surface area contributed by atoms with E-state index in [-0.39, 0.29) is 38.4 Å². The molecule has 1 aliphatic rings. The van der Waals surface area contributed by atoms with Crippen LogP contribution in [0.25, 0.3) is 0 Å². The number of fused-ring (bicyclic) bond motifs is 2. The number of hydrogen-bond donors (Lipinski definition) is 1. The molecular formula is C53H75O4P. The number of rotatable bonds is 4. The van der Waals surface area contributed by atoms with Crippen molar-refractivity contribution < 1.29 is 18.7 Å². The Hall–Kier alpha value is -3.49. The van der Waals surface area contributed by atoms with E-state index in [9.17, 15) is 5.11 Å². The maximum Gasteiger partial charge on any atom is 0.530 e. The van der Waals surface area contributed by atoms with Crippen molar-refractivity contribution >= 4 is 8.60 Å². The lowest BCUT2D eigenvalue weighted by Crippen LogP contribution is -2.22. The van der Waals surface area contributed by atoms with Crippen LogP contribution in [0, 0.1) is 13.8 Å². The first kappa shape index (κ1) is 45.6. The van der Waals surface area contributed by atoms with Gasteiger partial charge in [-0.15, -0.1) is 0 Å². The summed E-state index contributed by atoms with van der Waals surface area (Å²) >= 11 is 0. The van der Waals surface area contributed by atoms with E-state index in [0.29, 0.717) is 12.2 Å². The van der Waals surface area contributed by atoms with Gasteiger partial charge in [-0.05, 0) is 74.2 Å². The van der Waals surface area contributed by atoms with Gasteiger partial charge in [-0.3, -0.25) is 0 Å². The first-order valence-electron chi connectivity index (χ1n) is 21.4. The number of aryl methyl sites for hydroxylation is 2. The minimum atomic E-state index is -2.04. The predicted octanol–water partition coefficient (Wildman–Crippen LogP) is 15.6. The van der Waals surface area contributed by atoms with Crippen LogP contribution >= 0.6 is 8.60 Å². The van der Waals surface area contributed by atoms with Gasteiger partial charge < -0.3 is 18.7 Å². The van der Waals surface area contributed by atoms with Crippen molar-refractivity contribution in [3.05, 3.63) is 115 Å². The molecule has 0 saturated heterocycles. The van der Waals surface area contributed by atoms with Crippen LogP contribution < -0.4 is 13.6 Å². The Morgan fingerprint density at radius 1 is 0.500 bits per heavy atom. The van der Waals surface area contributed by atoms with Crippen LogP contribution in [0.15, 0.2) is 48.5 Å². The first-order valence-corrected chi connectivity index (χ1v) is 22.5. The summed E-state index contributed by atoms with van der Waals surface area (Å²) in [6, 6.07) is 18.1. The van der Waals surface area contributed by atoms with E-state index in [1.54, 1.807) is 0 Å². The molecule has 0 fully saturated rings. The molecule has 0 aliphatic carbocycles. The highest BCUT2D eigenvalue weighted by Crippen LogP contribution is 2.56. The third kappa shape index (κ3) is 9.59. The number of aromatic hydroxyl groups is 1. The summed E-state index contributed by atoms with van der Waals surface area (Å²) in [5.74, 6) is 2.82. The van der Waals surface area contributed by atoms with E-state index < -0.39 is 8.60 Å². The number of hydrogen-bond acceptors (Lipinski definition) is 4. The fraction of sp³-hybridized carbons (Fsp3) is 0.547. The predicted molar refractivity (Wildman–Crippen MR) is 248 cm³/mol. The van der Waals surface area contributed by atoms with Crippen molar-refractivity contribution in [3.63, 3.8) is 0 Å². The molecule has 316 valence electrons. The normalized spacial score (nSPS) is 16.8. The zero-order chi connectivity index (χ0) is 43.9. The van der Waals surface area contributed by atoms with E-state index in [1.807, 2.05) is 0 Å². The molecule has 1 aliphatic heterocycles. The molecule has 0 unspecified atom stereocenters. The summed E-state index contributed by atoms with van der Waals surface area (Å²) in [6.07, 6.45) is 0.480. The summed E-state index contributed by atoms with van der Waals surface area (Å²) in [7, 11) is -2.04. The molecule has 58 heavy (non-hydrogen) atoms. The largest absolute Gasteiger partial charge is 0.530 e. The molecule has 0 aromatic heterocycles. The van der Waals surface area contributed by atoms with Crippen LogP contribution in [0.5, 0.6) is 23.0 Å². The van der Waals surface area contributed by atoms with Crippen LogP contribution in [0.3, 0.4) is 0 Å².